The van der Waals surface area contributed by atoms with Gasteiger partial charge >= 0.3 is 0 Å². The van der Waals surface area contributed by atoms with Crippen molar-refractivity contribution in [3.63, 3.8) is 0 Å². The first-order valence-corrected chi connectivity index (χ1v) is 6.60. The Hall–Kier alpha value is -1.74. The van der Waals surface area contributed by atoms with Gasteiger partial charge in [0, 0.05) is 15.6 Å². The van der Waals surface area contributed by atoms with E-state index >= 15 is 0 Å². The third-order valence-electron chi connectivity index (χ3n) is 2.79. The number of carbonyl (C=O) groups is 1. The molecule has 1 nitrogen and oxygen atoms in total. The Kier molecular flexibility index (Phi) is 4.27. The van der Waals surface area contributed by atoms with Crippen molar-refractivity contribution in [1.29, 1.82) is 0 Å². The van der Waals surface area contributed by atoms with Gasteiger partial charge in [0.1, 0.15) is 5.82 Å². The summed E-state index contributed by atoms with van der Waals surface area (Å²) in [5.74, 6) is -0.483. The second-order valence-corrected chi connectivity index (χ2v) is 5.09. The van der Waals surface area contributed by atoms with Gasteiger partial charge in [0.15, 0.2) is 5.78 Å². The zero-order valence-electron chi connectivity index (χ0n) is 10.4. The van der Waals surface area contributed by atoms with Crippen molar-refractivity contribution in [2.45, 2.75) is 6.92 Å². The predicted molar refractivity (Wildman–Crippen MR) is 78.6 cm³/mol. The lowest BCUT2D eigenvalue weighted by molar-refractivity contribution is 0.104. The summed E-state index contributed by atoms with van der Waals surface area (Å²) in [5.41, 5.74) is 1.94. The van der Waals surface area contributed by atoms with Crippen molar-refractivity contribution < 1.29 is 9.18 Å². The van der Waals surface area contributed by atoms with Crippen molar-refractivity contribution in [3.8, 4) is 0 Å². The first-order valence-electron chi connectivity index (χ1n) is 5.81. The van der Waals surface area contributed by atoms with Crippen LogP contribution in [0.15, 0.2) is 53.0 Å². The minimum Gasteiger partial charge on any atom is -0.289 e. The number of rotatable bonds is 3. The molecule has 0 heterocycles. The normalized spacial score (nSPS) is 10.9. The SMILES string of the molecule is Cc1ccccc1C(=O)C=Cc1ccc(Br)cc1F. The molecule has 3 heteroatoms. The molecule has 0 N–H and O–H groups in total. The van der Waals surface area contributed by atoms with E-state index in [0.717, 1.165) is 5.56 Å². The van der Waals surface area contributed by atoms with Gasteiger partial charge in [-0.2, -0.15) is 0 Å². The fourth-order valence-electron chi connectivity index (χ4n) is 1.74. The topological polar surface area (TPSA) is 17.1 Å². The van der Waals surface area contributed by atoms with Crippen LogP contribution in [0.1, 0.15) is 21.5 Å². The monoisotopic (exact) mass is 318 g/mol. The first-order chi connectivity index (χ1) is 9.08. The Balaban J connectivity index is 2.24. The first kappa shape index (κ1) is 13.7. The van der Waals surface area contributed by atoms with E-state index in [-0.39, 0.29) is 11.6 Å². The second-order valence-electron chi connectivity index (χ2n) is 4.18. The van der Waals surface area contributed by atoms with Crippen LogP contribution in [0.2, 0.25) is 0 Å². The summed E-state index contributed by atoms with van der Waals surface area (Å²) in [4.78, 5) is 12.0. The van der Waals surface area contributed by atoms with E-state index in [1.807, 2.05) is 25.1 Å². The highest BCUT2D eigenvalue weighted by Gasteiger charge is 2.05. The number of carbonyl (C=O) groups excluding carboxylic acids is 1. The summed E-state index contributed by atoms with van der Waals surface area (Å²) in [6.07, 6.45) is 2.89. The van der Waals surface area contributed by atoms with Gasteiger partial charge in [0.25, 0.3) is 0 Å². The molecular formula is C16H12BrFO. The van der Waals surface area contributed by atoms with E-state index in [0.29, 0.717) is 15.6 Å². The zero-order chi connectivity index (χ0) is 13.8. The molecule has 0 bridgehead atoms. The third kappa shape index (κ3) is 3.38. The minimum atomic E-state index is -0.358. The van der Waals surface area contributed by atoms with Gasteiger partial charge in [0.05, 0.1) is 0 Å². The Morgan fingerprint density at radius 2 is 1.95 bits per heavy atom. The van der Waals surface area contributed by atoms with Crippen LogP contribution in [0, 0.1) is 12.7 Å². The van der Waals surface area contributed by atoms with Gasteiger partial charge in [-0.25, -0.2) is 4.39 Å². The van der Waals surface area contributed by atoms with Crippen LogP contribution in [-0.2, 0) is 0 Å². The van der Waals surface area contributed by atoms with Crippen LogP contribution in [-0.4, -0.2) is 5.78 Å². The van der Waals surface area contributed by atoms with Gasteiger partial charge in [-0.15, -0.1) is 0 Å². The number of aryl methyl sites for hydroxylation is 1. The maximum atomic E-state index is 13.6. The third-order valence-corrected chi connectivity index (χ3v) is 3.28. The van der Waals surface area contributed by atoms with Crippen LogP contribution >= 0.6 is 15.9 Å². The number of allylic oxidation sites excluding steroid dienone is 1. The molecule has 2 rings (SSSR count). The van der Waals surface area contributed by atoms with Crippen molar-refractivity contribution in [2.75, 3.05) is 0 Å². The number of halogens is 2. The lowest BCUT2D eigenvalue weighted by atomic mass is 10.0. The summed E-state index contributed by atoms with van der Waals surface area (Å²) in [6.45, 7) is 1.88. The molecular weight excluding hydrogens is 307 g/mol. The molecule has 0 unspecified atom stereocenters. The summed E-state index contributed by atoms with van der Waals surface area (Å²) < 4.78 is 14.3. The fraction of sp³-hybridized carbons (Fsp3) is 0.0625. The summed E-state index contributed by atoms with van der Waals surface area (Å²) in [7, 11) is 0. The molecule has 0 aliphatic rings. The summed E-state index contributed by atoms with van der Waals surface area (Å²) in [6, 6.07) is 12.1. The smallest absolute Gasteiger partial charge is 0.186 e. The van der Waals surface area contributed by atoms with E-state index in [1.54, 1.807) is 18.2 Å². The molecule has 0 aromatic heterocycles. The standard InChI is InChI=1S/C16H12BrFO/c1-11-4-2-3-5-14(11)16(19)9-7-12-6-8-13(17)10-15(12)18/h2-10H,1H3. The highest BCUT2D eigenvalue weighted by Crippen LogP contribution is 2.17. The van der Waals surface area contributed by atoms with Crippen molar-refractivity contribution >= 4 is 27.8 Å². The van der Waals surface area contributed by atoms with Gasteiger partial charge < -0.3 is 0 Å². The molecule has 0 radical (unpaired) electrons. The van der Waals surface area contributed by atoms with E-state index in [4.69, 9.17) is 0 Å². The van der Waals surface area contributed by atoms with Gasteiger partial charge in [-0.1, -0.05) is 46.3 Å². The molecule has 0 amide bonds. The number of hydrogen-bond acceptors (Lipinski definition) is 1. The summed E-state index contributed by atoms with van der Waals surface area (Å²) >= 11 is 3.19. The average molecular weight is 319 g/mol. The number of benzene rings is 2. The molecule has 0 saturated heterocycles. The Morgan fingerprint density at radius 3 is 2.63 bits per heavy atom. The van der Waals surface area contributed by atoms with Crippen LogP contribution in [0.25, 0.3) is 6.08 Å². The molecule has 2 aromatic rings. The van der Waals surface area contributed by atoms with E-state index in [9.17, 15) is 9.18 Å². The van der Waals surface area contributed by atoms with Crippen molar-refractivity contribution in [2.24, 2.45) is 0 Å². The Labute approximate surface area is 119 Å². The lowest BCUT2D eigenvalue weighted by Crippen LogP contribution is -1.97. The predicted octanol–water partition coefficient (Wildman–Crippen LogP) is 4.79. The zero-order valence-corrected chi connectivity index (χ0v) is 11.9. The van der Waals surface area contributed by atoms with Crippen molar-refractivity contribution in [1.82, 2.24) is 0 Å². The van der Waals surface area contributed by atoms with Gasteiger partial charge in [0.2, 0.25) is 0 Å². The molecule has 0 saturated carbocycles. The number of hydrogen-bond donors (Lipinski definition) is 0. The molecule has 19 heavy (non-hydrogen) atoms. The Bertz CT molecular complexity index is 647. The largest absolute Gasteiger partial charge is 0.289 e. The molecule has 0 aliphatic carbocycles. The van der Waals surface area contributed by atoms with E-state index in [2.05, 4.69) is 15.9 Å². The van der Waals surface area contributed by atoms with Crippen LogP contribution in [0.5, 0.6) is 0 Å². The quantitative estimate of drug-likeness (QED) is 0.587. The van der Waals surface area contributed by atoms with Crippen LogP contribution in [0.4, 0.5) is 4.39 Å². The average Bonchev–Trinajstić information content (AvgIpc) is 2.38. The van der Waals surface area contributed by atoms with E-state index < -0.39 is 0 Å². The second kappa shape index (κ2) is 5.93. The summed E-state index contributed by atoms with van der Waals surface area (Å²) in [5, 5.41) is 0. The fourth-order valence-corrected chi connectivity index (χ4v) is 2.07. The molecule has 0 spiro atoms. The van der Waals surface area contributed by atoms with Crippen LogP contribution < -0.4 is 0 Å². The maximum absolute atomic E-state index is 13.6. The van der Waals surface area contributed by atoms with Crippen LogP contribution in [0.3, 0.4) is 0 Å². The molecule has 0 aliphatic heterocycles. The van der Waals surface area contributed by atoms with Gasteiger partial charge in [-0.3, -0.25) is 4.79 Å². The highest BCUT2D eigenvalue weighted by molar-refractivity contribution is 9.10. The lowest BCUT2D eigenvalue weighted by Gasteiger charge is -2.01. The maximum Gasteiger partial charge on any atom is 0.186 e. The molecule has 0 atom stereocenters. The van der Waals surface area contributed by atoms with E-state index in [1.165, 1.54) is 18.2 Å². The molecule has 96 valence electrons. The molecule has 0 fully saturated rings. The Morgan fingerprint density at radius 1 is 1.21 bits per heavy atom. The number of ketones is 1. The minimum absolute atomic E-state index is 0.125. The van der Waals surface area contributed by atoms with Crippen molar-refractivity contribution in [3.05, 3.63) is 75.5 Å². The highest BCUT2D eigenvalue weighted by atomic mass is 79.9. The molecule has 2 aromatic carbocycles. The van der Waals surface area contributed by atoms with Gasteiger partial charge in [-0.05, 0) is 36.8 Å².